The van der Waals surface area contributed by atoms with E-state index in [1.807, 2.05) is 66.7 Å². The van der Waals surface area contributed by atoms with Crippen molar-refractivity contribution in [3.05, 3.63) is 136 Å². The summed E-state index contributed by atoms with van der Waals surface area (Å²) in [5.41, 5.74) is 6.90. The number of carbonyl (C=O) groups is 1. The van der Waals surface area contributed by atoms with Crippen LogP contribution in [0.1, 0.15) is 56.6 Å². The Balaban J connectivity index is 1.61. The zero-order valence-corrected chi connectivity index (χ0v) is 21.1. The molecule has 0 aliphatic heterocycles. The van der Waals surface area contributed by atoms with Gasteiger partial charge < -0.3 is 14.2 Å². The summed E-state index contributed by atoms with van der Waals surface area (Å²) in [6, 6.07) is 30.1. The molecule has 1 aliphatic rings. The van der Waals surface area contributed by atoms with Gasteiger partial charge in [-0.05, 0) is 46.4 Å². The molecule has 37 heavy (non-hydrogen) atoms. The highest BCUT2D eigenvalue weighted by Gasteiger charge is 2.30. The minimum absolute atomic E-state index is 0.123. The topological polar surface area (TPSA) is 44.8 Å². The molecule has 4 aromatic rings. The van der Waals surface area contributed by atoms with Gasteiger partial charge in [0.2, 0.25) is 0 Å². The van der Waals surface area contributed by atoms with Gasteiger partial charge in [0.1, 0.15) is 30.3 Å². The minimum atomic E-state index is -0.442. The van der Waals surface area contributed by atoms with Crippen molar-refractivity contribution < 1.29 is 19.0 Å². The fraction of sp³-hybridized carbons (Fsp3) is 0.182. The van der Waals surface area contributed by atoms with Crippen LogP contribution in [0.2, 0.25) is 0 Å². The Labute approximate surface area is 218 Å². The molecule has 1 aliphatic carbocycles. The zero-order chi connectivity index (χ0) is 25.6. The highest BCUT2D eigenvalue weighted by atomic mass is 16.5. The Morgan fingerprint density at radius 2 is 1.46 bits per heavy atom. The van der Waals surface area contributed by atoms with Crippen molar-refractivity contribution in [1.29, 1.82) is 0 Å². The third kappa shape index (κ3) is 5.29. The van der Waals surface area contributed by atoms with E-state index in [2.05, 4.69) is 37.3 Å². The van der Waals surface area contributed by atoms with Gasteiger partial charge in [0.05, 0.1) is 7.11 Å². The second-order valence-electron chi connectivity index (χ2n) is 9.05. The highest BCUT2D eigenvalue weighted by molar-refractivity contribution is 5.94. The van der Waals surface area contributed by atoms with Crippen LogP contribution < -0.4 is 9.47 Å². The number of rotatable bonds is 9. The number of allylic oxidation sites excluding steroid dienone is 1. The van der Waals surface area contributed by atoms with E-state index in [0.29, 0.717) is 30.3 Å². The van der Waals surface area contributed by atoms with Crippen LogP contribution in [-0.4, -0.2) is 13.1 Å². The van der Waals surface area contributed by atoms with Gasteiger partial charge in [-0.25, -0.2) is 4.79 Å². The first-order valence-corrected chi connectivity index (χ1v) is 12.6. The average molecular weight is 491 g/mol. The van der Waals surface area contributed by atoms with Crippen LogP contribution in [-0.2, 0) is 24.4 Å². The number of fused-ring (bicyclic) bond motifs is 1. The van der Waals surface area contributed by atoms with Crippen LogP contribution in [0, 0.1) is 0 Å². The fourth-order valence-corrected chi connectivity index (χ4v) is 4.72. The van der Waals surface area contributed by atoms with Crippen LogP contribution >= 0.6 is 0 Å². The van der Waals surface area contributed by atoms with Gasteiger partial charge in [0, 0.05) is 11.5 Å². The Kier molecular flexibility index (Phi) is 7.36. The second kappa shape index (κ2) is 11.2. The molecule has 0 saturated heterocycles. The number of ether oxygens (including phenoxy) is 3. The third-order valence-electron chi connectivity index (χ3n) is 6.70. The normalized spacial score (nSPS) is 13.7. The number of hydrogen-bond acceptors (Lipinski definition) is 4. The molecule has 186 valence electrons. The monoisotopic (exact) mass is 490 g/mol. The van der Waals surface area contributed by atoms with Crippen molar-refractivity contribution >= 4 is 12.0 Å². The van der Waals surface area contributed by atoms with Gasteiger partial charge >= 0.3 is 5.97 Å². The Morgan fingerprint density at radius 1 is 0.784 bits per heavy atom. The summed E-state index contributed by atoms with van der Waals surface area (Å²) >= 11 is 0. The largest absolute Gasteiger partial charge is 0.488 e. The smallest absolute Gasteiger partial charge is 0.341 e. The molecule has 4 nitrogen and oxygen atoms in total. The van der Waals surface area contributed by atoms with E-state index in [4.69, 9.17) is 14.2 Å². The maximum Gasteiger partial charge on any atom is 0.341 e. The summed E-state index contributed by atoms with van der Waals surface area (Å²) in [7, 11) is 1.39. The fourth-order valence-electron chi connectivity index (χ4n) is 4.72. The molecule has 0 heterocycles. The predicted octanol–water partition coefficient (Wildman–Crippen LogP) is 7.35. The molecule has 1 atom stereocenters. The lowest BCUT2D eigenvalue weighted by molar-refractivity contribution is 0.0595. The van der Waals surface area contributed by atoms with Crippen LogP contribution in [0.25, 0.3) is 6.08 Å². The zero-order valence-electron chi connectivity index (χ0n) is 21.1. The van der Waals surface area contributed by atoms with Crippen LogP contribution in [0.3, 0.4) is 0 Å². The lowest BCUT2D eigenvalue weighted by Crippen LogP contribution is -2.12. The Hall–Kier alpha value is -4.31. The number of methoxy groups -OCH3 is 1. The first-order valence-electron chi connectivity index (χ1n) is 12.6. The SMILES string of the molecule is CCc1ccc2c(c1)C=CC2c1c(OCc2ccccc2)ccc(C(=O)OC)c1OCc1ccccc1. The molecule has 0 saturated carbocycles. The average Bonchev–Trinajstić information content (AvgIpc) is 3.38. The van der Waals surface area contributed by atoms with E-state index in [0.717, 1.165) is 28.7 Å². The molecule has 4 heteroatoms. The standard InChI is InChI=1S/C33H30O4/c1-3-23-14-16-27-26(20-23)15-17-28(27)31-30(36-21-24-10-6-4-7-11-24)19-18-29(33(34)35-2)32(31)37-22-25-12-8-5-9-13-25/h4-20,28H,3,21-22H2,1-2H3. The van der Waals surface area contributed by atoms with Crippen LogP contribution in [0.15, 0.2) is 97.1 Å². The molecule has 0 bridgehead atoms. The maximum atomic E-state index is 12.9. The van der Waals surface area contributed by atoms with Crippen molar-refractivity contribution in [3.63, 3.8) is 0 Å². The van der Waals surface area contributed by atoms with Gasteiger partial charge in [-0.3, -0.25) is 0 Å². The van der Waals surface area contributed by atoms with E-state index >= 15 is 0 Å². The van der Waals surface area contributed by atoms with Gasteiger partial charge in [0.25, 0.3) is 0 Å². The summed E-state index contributed by atoms with van der Waals surface area (Å²) < 4.78 is 18.0. The molecule has 5 rings (SSSR count). The van der Waals surface area contributed by atoms with Crippen LogP contribution in [0.4, 0.5) is 0 Å². The van der Waals surface area contributed by atoms with Gasteiger partial charge in [-0.15, -0.1) is 0 Å². The van der Waals surface area contributed by atoms with Crippen molar-refractivity contribution in [1.82, 2.24) is 0 Å². The Morgan fingerprint density at radius 3 is 2.11 bits per heavy atom. The summed E-state index contributed by atoms with van der Waals surface area (Å²) in [4.78, 5) is 12.9. The summed E-state index contributed by atoms with van der Waals surface area (Å²) in [6.07, 6.45) is 5.28. The lowest BCUT2D eigenvalue weighted by Gasteiger charge is -2.23. The van der Waals surface area contributed by atoms with Crippen LogP contribution in [0.5, 0.6) is 11.5 Å². The molecule has 1 unspecified atom stereocenters. The number of esters is 1. The van der Waals surface area contributed by atoms with Gasteiger partial charge in [0.15, 0.2) is 0 Å². The van der Waals surface area contributed by atoms with E-state index in [1.165, 1.54) is 18.2 Å². The molecule has 4 aromatic carbocycles. The molecule has 0 fully saturated rings. The summed E-state index contributed by atoms with van der Waals surface area (Å²) in [6.45, 7) is 2.88. The van der Waals surface area contributed by atoms with Gasteiger partial charge in [-0.2, -0.15) is 0 Å². The molecule has 0 amide bonds. The van der Waals surface area contributed by atoms with Crippen molar-refractivity contribution in [2.24, 2.45) is 0 Å². The highest BCUT2D eigenvalue weighted by Crippen LogP contribution is 2.46. The molecule has 0 N–H and O–H groups in total. The Bertz CT molecular complexity index is 1410. The number of carbonyl (C=O) groups excluding carboxylic acids is 1. The van der Waals surface area contributed by atoms with E-state index in [-0.39, 0.29) is 5.92 Å². The lowest BCUT2D eigenvalue weighted by atomic mass is 9.89. The van der Waals surface area contributed by atoms with E-state index in [9.17, 15) is 4.79 Å². The second-order valence-corrected chi connectivity index (χ2v) is 9.05. The molecule has 0 aromatic heterocycles. The van der Waals surface area contributed by atoms with E-state index in [1.54, 1.807) is 6.07 Å². The quantitative estimate of drug-likeness (QED) is 0.230. The molecule has 0 spiro atoms. The third-order valence-corrected chi connectivity index (χ3v) is 6.70. The predicted molar refractivity (Wildman–Crippen MR) is 146 cm³/mol. The maximum absolute atomic E-state index is 12.9. The molecular weight excluding hydrogens is 460 g/mol. The first kappa shape index (κ1) is 24.4. The van der Waals surface area contributed by atoms with Crippen molar-refractivity contribution in [2.75, 3.05) is 7.11 Å². The van der Waals surface area contributed by atoms with E-state index < -0.39 is 5.97 Å². The summed E-state index contributed by atoms with van der Waals surface area (Å²) in [5, 5.41) is 0. The number of aryl methyl sites for hydroxylation is 1. The minimum Gasteiger partial charge on any atom is -0.488 e. The summed E-state index contributed by atoms with van der Waals surface area (Å²) in [5.74, 6) is 0.606. The number of hydrogen-bond donors (Lipinski definition) is 0. The molecule has 0 radical (unpaired) electrons. The molecular formula is C33H30O4. The first-order chi connectivity index (χ1) is 18.2. The van der Waals surface area contributed by atoms with Gasteiger partial charge in [-0.1, -0.05) is 97.9 Å². The van der Waals surface area contributed by atoms with Crippen molar-refractivity contribution in [2.45, 2.75) is 32.5 Å². The van der Waals surface area contributed by atoms with Crippen molar-refractivity contribution in [3.8, 4) is 11.5 Å². The number of benzene rings is 4.